The van der Waals surface area contributed by atoms with Crippen LogP contribution in [-0.2, 0) is 12.4 Å². The minimum atomic E-state index is -4.62. The summed E-state index contributed by atoms with van der Waals surface area (Å²) in [4.78, 5) is 0. The van der Waals surface area contributed by atoms with Gasteiger partial charge in [0.25, 0.3) is 0 Å². The van der Waals surface area contributed by atoms with Crippen LogP contribution in [0.15, 0.2) is 65.1 Å². The molecule has 0 amide bonds. The number of fused-ring (bicyclic) bond motifs is 3. The highest BCUT2D eigenvalue weighted by atomic mass is 127. The maximum Gasteiger partial charge on any atom is 0.420 e. The molecule has 0 aliphatic rings. The Bertz CT molecular complexity index is 1210. The van der Waals surface area contributed by atoms with Crippen LogP contribution in [-0.4, -0.2) is 0 Å². The first-order valence-electron chi connectivity index (χ1n) is 8.22. The lowest BCUT2D eigenvalue weighted by atomic mass is 10.1. The van der Waals surface area contributed by atoms with Crippen molar-refractivity contribution in [2.24, 2.45) is 0 Å². The van der Waals surface area contributed by atoms with Gasteiger partial charge < -0.3 is 4.42 Å². The SMILES string of the molecule is FC(F)(F)c1ccccc1N(I)c1cccc2c1oc1c(C(F)(F)F)cccc12. The summed E-state index contributed by atoms with van der Waals surface area (Å²) in [5.74, 6) is 0. The van der Waals surface area contributed by atoms with E-state index in [-0.39, 0.29) is 27.9 Å². The minimum Gasteiger partial charge on any atom is -0.453 e. The second kappa shape index (κ2) is 6.82. The lowest BCUT2D eigenvalue weighted by Gasteiger charge is -2.21. The first-order valence-corrected chi connectivity index (χ1v) is 9.19. The van der Waals surface area contributed by atoms with Gasteiger partial charge in [0.1, 0.15) is 5.58 Å². The Balaban J connectivity index is 1.97. The molecule has 0 spiro atoms. The molecule has 0 saturated heterocycles. The predicted molar refractivity (Wildman–Crippen MR) is 106 cm³/mol. The molecule has 4 aromatic rings. The number of rotatable bonds is 2. The van der Waals surface area contributed by atoms with E-state index in [0.717, 1.165) is 12.1 Å². The summed E-state index contributed by atoms with van der Waals surface area (Å²) in [5.41, 5.74) is -2.01. The Kier molecular flexibility index (Phi) is 4.67. The summed E-state index contributed by atoms with van der Waals surface area (Å²) in [6.07, 6.45) is -9.22. The molecule has 0 radical (unpaired) electrons. The highest BCUT2D eigenvalue weighted by Crippen LogP contribution is 2.45. The summed E-state index contributed by atoms with van der Waals surface area (Å²) in [6.45, 7) is 0. The molecular weight excluding hydrogens is 511 g/mol. The van der Waals surface area contributed by atoms with Gasteiger partial charge in [-0.05, 0) is 24.3 Å². The maximum atomic E-state index is 13.4. The van der Waals surface area contributed by atoms with Crippen LogP contribution >= 0.6 is 22.9 Å². The summed E-state index contributed by atoms with van der Waals surface area (Å²) in [6, 6.07) is 13.3. The number of para-hydroxylation sites is 3. The number of alkyl halides is 6. The van der Waals surface area contributed by atoms with Gasteiger partial charge in [0.05, 0.1) is 45.4 Å². The third-order valence-electron chi connectivity index (χ3n) is 4.44. The fourth-order valence-electron chi connectivity index (χ4n) is 3.20. The normalized spacial score (nSPS) is 12.7. The zero-order chi connectivity index (χ0) is 21.0. The van der Waals surface area contributed by atoms with Crippen molar-refractivity contribution < 1.29 is 30.8 Å². The number of hydrogen-bond donors (Lipinski definition) is 0. The number of anilines is 2. The fourth-order valence-corrected chi connectivity index (χ4v) is 4.00. The Hall–Kier alpha value is -2.43. The number of hydrogen-bond acceptors (Lipinski definition) is 2. The van der Waals surface area contributed by atoms with Crippen LogP contribution in [0.1, 0.15) is 11.1 Å². The van der Waals surface area contributed by atoms with E-state index in [1.165, 1.54) is 39.5 Å². The molecular formula is C20H10F6INO. The van der Waals surface area contributed by atoms with Gasteiger partial charge in [-0.1, -0.05) is 36.4 Å². The average molecular weight is 521 g/mol. The van der Waals surface area contributed by atoms with E-state index in [4.69, 9.17) is 4.42 Å². The van der Waals surface area contributed by atoms with Gasteiger partial charge in [0, 0.05) is 10.8 Å². The Morgan fingerprint density at radius 1 is 0.621 bits per heavy atom. The average Bonchev–Trinajstić information content (AvgIpc) is 3.04. The monoisotopic (exact) mass is 521 g/mol. The van der Waals surface area contributed by atoms with E-state index in [0.29, 0.717) is 5.39 Å². The van der Waals surface area contributed by atoms with E-state index in [2.05, 4.69) is 0 Å². The van der Waals surface area contributed by atoms with Gasteiger partial charge in [-0.25, -0.2) is 0 Å². The van der Waals surface area contributed by atoms with Gasteiger partial charge in [-0.3, -0.25) is 3.11 Å². The van der Waals surface area contributed by atoms with E-state index >= 15 is 0 Å². The van der Waals surface area contributed by atoms with Crippen molar-refractivity contribution in [3.05, 3.63) is 71.8 Å². The summed E-state index contributed by atoms with van der Waals surface area (Å²) >= 11 is 1.69. The number of nitrogens with zero attached hydrogens (tertiary/aromatic N) is 1. The molecule has 0 atom stereocenters. The van der Waals surface area contributed by atoms with Crippen LogP contribution in [0.5, 0.6) is 0 Å². The van der Waals surface area contributed by atoms with Crippen LogP contribution in [0, 0.1) is 0 Å². The van der Waals surface area contributed by atoms with Crippen molar-refractivity contribution in [1.82, 2.24) is 0 Å². The lowest BCUT2D eigenvalue weighted by molar-refractivity contribution is -0.137. The van der Waals surface area contributed by atoms with E-state index in [1.54, 1.807) is 35.0 Å². The lowest BCUT2D eigenvalue weighted by Crippen LogP contribution is -2.12. The largest absolute Gasteiger partial charge is 0.453 e. The third kappa shape index (κ3) is 3.41. The first-order chi connectivity index (χ1) is 13.6. The molecule has 0 aliphatic heterocycles. The molecule has 4 rings (SSSR count). The predicted octanol–water partition coefficient (Wildman–Crippen LogP) is 8.11. The summed E-state index contributed by atoms with van der Waals surface area (Å²) < 4.78 is 87.1. The maximum absolute atomic E-state index is 13.4. The molecule has 9 heteroatoms. The highest BCUT2D eigenvalue weighted by molar-refractivity contribution is 14.1. The van der Waals surface area contributed by atoms with Crippen molar-refractivity contribution in [3.8, 4) is 0 Å². The van der Waals surface area contributed by atoms with Crippen LogP contribution in [0.2, 0.25) is 0 Å². The van der Waals surface area contributed by atoms with Gasteiger partial charge in [0.15, 0.2) is 5.58 Å². The molecule has 0 N–H and O–H groups in total. The summed E-state index contributed by atoms with van der Waals surface area (Å²) in [5, 5.41) is 0.625. The van der Waals surface area contributed by atoms with E-state index in [9.17, 15) is 26.3 Å². The third-order valence-corrected chi connectivity index (χ3v) is 5.48. The van der Waals surface area contributed by atoms with Crippen molar-refractivity contribution >= 4 is 56.2 Å². The van der Waals surface area contributed by atoms with Crippen molar-refractivity contribution in [3.63, 3.8) is 0 Å². The second-order valence-corrected chi connectivity index (χ2v) is 7.20. The number of halogens is 7. The molecule has 0 bridgehead atoms. The highest BCUT2D eigenvalue weighted by Gasteiger charge is 2.36. The van der Waals surface area contributed by atoms with Crippen molar-refractivity contribution in [1.29, 1.82) is 0 Å². The molecule has 0 saturated carbocycles. The molecule has 0 fully saturated rings. The molecule has 29 heavy (non-hydrogen) atoms. The van der Waals surface area contributed by atoms with Gasteiger partial charge in [-0.2, -0.15) is 26.3 Å². The Morgan fingerprint density at radius 2 is 1.14 bits per heavy atom. The van der Waals surface area contributed by atoms with Crippen LogP contribution in [0.3, 0.4) is 0 Å². The molecule has 0 unspecified atom stereocenters. The zero-order valence-electron chi connectivity index (χ0n) is 14.3. The van der Waals surface area contributed by atoms with Gasteiger partial charge in [-0.15, -0.1) is 0 Å². The van der Waals surface area contributed by atoms with Crippen molar-refractivity contribution in [2.75, 3.05) is 3.11 Å². The van der Waals surface area contributed by atoms with Crippen LogP contribution < -0.4 is 3.11 Å². The topological polar surface area (TPSA) is 16.4 Å². The van der Waals surface area contributed by atoms with E-state index < -0.39 is 23.5 Å². The Morgan fingerprint density at radius 3 is 1.79 bits per heavy atom. The molecule has 2 nitrogen and oxygen atoms in total. The van der Waals surface area contributed by atoms with Crippen LogP contribution in [0.4, 0.5) is 37.7 Å². The quantitative estimate of drug-likeness (QED) is 0.151. The smallest absolute Gasteiger partial charge is 0.420 e. The molecule has 3 aromatic carbocycles. The fraction of sp³-hybridized carbons (Fsp3) is 0.100. The molecule has 1 heterocycles. The minimum absolute atomic E-state index is 0.0746. The number of benzene rings is 3. The number of furan rings is 1. The standard InChI is InChI=1S/C20H10F6INO/c21-19(22,23)13-7-1-2-9-15(13)28(27)16-10-4-6-12-11-5-3-8-14(20(24,25)26)17(11)29-18(12)16/h1-10H. The second-order valence-electron chi connectivity index (χ2n) is 6.23. The Labute approximate surface area is 174 Å². The molecule has 1 aromatic heterocycles. The van der Waals surface area contributed by atoms with Gasteiger partial charge >= 0.3 is 12.4 Å². The molecule has 150 valence electrons. The zero-order valence-corrected chi connectivity index (χ0v) is 16.4. The first kappa shape index (κ1) is 19.9. The van der Waals surface area contributed by atoms with Crippen molar-refractivity contribution in [2.45, 2.75) is 12.4 Å². The van der Waals surface area contributed by atoms with Gasteiger partial charge in [0.2, 0.25) is 0 Å². The van der Waals surface area contributed by atoms with Crippen LogP contribution in [0.25, 0.3) is 21.9 Å². The van der Waals surface area contributed by atoms with E-state index in [1.807, 2.05) is 0 Å². The molecule has 0 aliphatic carbocycles. The summed E-state index contributed by atoms with van der Waals surface area (Å²) in [7, 11) is 0.